The lowest BCUT2D eigenvalue weighted by Crippen LogP contribution is -2.51. The summed E-state index contributed by atoms with van der Waals surface area (Å²) in [6.07, 6.45) is 2.65. The van der Waals surface area contributed by atoms with Gasteiger partial charge in [0, 0.05) is 19.1 Å². The summed E-state index contributed by atoms with van der Waals surface area (Å²) in [6, 6.07) is 0.625. The van der Waals surface area contributed by atoms with E-state index in [1.807, 2.05) is 0 Å². The Labute approximate surface area is 95.2 Å². The van der Waals surface area contributed by atoms with Crippen molar-refractivity contribution < 1.29 is 0 Å². The summed E-state index contributed by atoms with van der Waals surface area (Å²) in [7, 11) is 0. The van der Waals surface area contributed by atoms with Crippen LogP contribution >= 0.6 is 0 Å². The van der Waals surface area contributed by atoms with Gasteiger partial charge in [-0.05, 0) is 37.1 Å². The van der Waals surface area contributed by atoms with E-state index in [0.29, 0.717) is 6.04 Å². The topological polar surface area (TPSA) is 29.3 Å². The first-order valence-electron chi connectivity index (χ1n) is 6.48. The molecule has 0 amide bonds. The smallest absolute Gasteiger partial charge is 0.0244 e. The maximum atomic E-state index is 5.89. The Hall–Kier alpha value is -0.0800. The minimum Gasteiger partial charge on any atom is -0.329 e. The third-order valence-electron chi connectivity index (χ3n) is 3.68. The van der Waals surface area contributed by atoms with E-state index in [1.165, 1.54) is 25.9 Å². The molecule has 1 aliphatic rings. The molecule has 3 atom stereocenters. The highest BCUT2D eigenvalue weighted by molar-refractivity contribution is 4.85. The molecule has 0 saturated carbocycles. The summed E-state index contributed by atoms with van der Waals surface area (Å²) < 4.78 is 0. The Morgan fingerprint density at radius 3 is 2.53 bits per heavy atom. The van der Waals surface area contributed by atoms with E-state index in [0.717, 1.165) is 24.3 Å². The van der Waals surface area contributed by atoms with Crippen LogP contribution in [0.5, 0.6) is 0 Å². The second-order valence-electron chi connectivity index (χ2n) is 5.80. The summed E-state index contributed by atoms with van der Waals surface area (Å²) in [5.74, 6) is 2.41. The molecule has 0 aromatic heterocycles. The van der Waals surface area contributed by atoms with Crippen molar-refractivity contribution in [1.82, 2.24) is 4.90 Å². The van der Waals surface area contributed by atoms with Gasteiger partial charge in [0.2, 0.25) is 0 Å². The zero-order valence-electron chi connectivity index (χ0n) is 10.9. The van der Waals surface area contributed by atoms with E-state index in [2.05, 4.69) is 32.6 Å². The van der Waals surface area contributed by atoms with Gasteiger partial charge in [0.15, 0.2) is 0 Å². The zero-order valence-corrected chi connectivity index (χ0v) is 10.9. The van der Waals surface area contributed by atoms with E-state index in [-0.39, 0.29) is 0 Å². The minimum absolute atomic E-state index is 0.625. The van der Waals surface area contributed by atoms with Gasteiger partial charge < -0.3 is 5.73 Å². The maximum absolute atomic E-state index is 5.89. The first-order chi connectivity index (χ1) is 7.04. The van der Waals surface area contributed by atoms with Crippen LogP contribution in [-0.4, -0.2) is 30.6 Å². The molecule has 0 spiro atoms. The van der Waals surface area contributed by atoms with Gasteiger partial charge in [-0.25, -0.2) is 0 Å². The van der Waals surface area contributed by atoms with Crippen molar-refractivity contribution in [2.24, 2.45) is 23.5 Å². The van der Waals surface area contributed by atoms with Crippen molar-refractivity contribution in [3.05, 3.63) is 0 Å². The van der Waals surface area contributed by atoms with Crippen LogP contribution < -0.4 is 5.73 Å². The Morgan fingerprint density at radius 2 is 2.00 bits per heavy atom. The second-order valence-corrected chi connectivity index (χ2v) is 5.80. The number of nitrogens with zero attached hydrogens (tertiary/aromatic N) is 1. The Balaban J connectivity index is 2.49. The summed E-state index contributed by atoms with van der Waals surface area (Å²) in [5, 5.41) is 0. The van der Waals surface area contributed by atoms with E-state index in [9.17, 15) is 0 Å². The zero-order chi connectivity index (χ0) is 11.4. The van der Waals surface area contributed by atoms with Crippen molar-refractivity contribution in [3.63, 3.8) is 0 Å². The van der Waals surface area contributed by atoms with Crippen LogP contribution in [0.3, 0.4) is 0 Å². The molecule has 0 aromatic rings. The van der Waals surface area contributed by atoms with Gasteiger partial charge in [0.1, 0.15) is 0 Å². The minimum atomic E-state index is 0.625. The molecule has 0 bridgehead atoms. The Kier molecular flexibility index (Phi) is 5.07. The molecule has 1 aliphatic heterocycles. The Morgan fingerprint density at radius 1 is 1.33 bits per heavy atom. The number of likely N-dealkylation sites (tertiary alicyclic amines) is 1. The number of nitrogens with two attached hydrogens (primary N) is 1. The van der Waals surface area contributed by atoms with Crippen LogP contribution in [0.4, 0.5) is 0 Å². The van der Waals surface area contributed by atoms with Crippen LogP contribution in [0.1, 0.15) is 40.5 Å². The molecule has 0 aromatic carbocycles. The highest BCUT2D eigenvalue weighted by Crippen LogP contribution is 2.27. The molecule has 3 unspecified atom stereocenters. The molecule has 1 heterocycles. The van der Waals surface area contributed by atoms with Gasteiger partial charge in [0.25, 0.3) is 0 Å². The molecular formula is C13H28N2. The monoisotopic (exact) mass is 212 g/mol. The van der Waals surface area contributed by atoms with Crippen molar-refractivity contribution in [3.8, 4) is 0 Å². The Bertz CT molecular complexity index is 179. The third-order valence-corrected chi connectivity index (χ3v) is 3.68. The fraction of sp³-hybridized carbons (Fsp3) is 1.00. The molecular weight excluding hydrogens is 184 g/mol. The number of rotatable bonds is 4. The molecule has 1 rings (SSSR count). The number of piperidine rings is 1. The molecule has 2 heteroatoms. The summed E-state index contributed by atoms with van der Waals surface area (Å²) in [6.45, 7) is 12.6. The lowest BCUT2D eigenvalue weighted by molar-refractivity contribution is 0.0695. The maximum Gasteiger partial charge on any atom is 0.0244 e. The van der Waals surface area contributed by atoms with Crippen LogP contribution in [0.25, 0.3) is 0 Å². The molecule has 1 fully saturated rings. The van der Waals surface area contributed by atoms with Crippen molar-refractivity contribution >= 4 is 0 Å². The average Bonchev–Trinajstić information content (AvgIpc) is 2.13. The second kappa shape index (κ2) is 5.86. The lowest BCUT2D eigenvalue weighted by atomic mass is 9.85. The van der Waals surface area contributed by atoms with Gasteiger partial charge in [-0.1, -0.05) is 27.7 Å². The van der Waals surface area contributed by atoms with E-state index in [1.54, 1.807) is 0 Å². The highest BCUT2D eigenvalue weighted by atomic mass is 15.2. The standard InChI is InChI=1S/C13H28N2/c1-10(2)5-6-15-9-11(3)7-12(4)13(15)8-14/h10-13H,5-9,14H2,1-4H3. The predicted molar refractivity (Wildman–Crippen MR) is 66.8 cm³/mol. The SMILES string of the molecule is CC(C)CCN1CC(C)CC(C)C1CN. The first-order valence-corrected chi connectivity index (χ1v) is 6.48. The molecule has 15 heavy (non-hydrogen) atoms. The van der Waals surface area contributed by atoms with Crippen molar-refractivity contribution in [2.45, 2.75) is 46.6 Å². The van der Waals surface area contributed by atoms with Crippen LogP contribution in [-0.2, 0) is 0 Å². The van der Waals surface area contributed by atoms with E-state index < -0.39 is 0 Å². The fourth-order valence-electron chi connectivity index (χ4n) is 2.82. The molecule has 2 nitrogen and oxygen atoms in total. The fourth-order valence-corrected chi connectivity index (χ4v) is 2.82. The molecule has 0 radical (unpaired) electrons. The largest absolute Gasteiger partial charge is 0.329 e. The summed E-state index contributed by atoms with van der Waals surface area (Å²) >= 11 is 0. The molecule has 2 N–H and O–H groups in total. The van der Waals surface area contributed by atoms with Gasteiger partial charge in [-0.2, -0.15) is 0 Å². The molecule has 1 saturated heterocycles. The first kappa shape index (κ1) is 13.0. The molecule has 0 aliphatic carbocycles. The summed E-state index contributed by atoms with van der Waals surface area (Å²) in [5.41, 5.74) is 5.89. The molecule has 90 valence electrons. The van der Waals surface area contributed by atoms with Crippen molar-refractivity contribution in [1.29, 1.82) is 0 Å². The average molecular weight is 212 g/mol. The van der Waals surface area contributed by atoms with E-state index in [4.69, 9.17) is 5.73 Å². The highest BCUT2D eigenvalue weighted by Gasteiger charge is 2.30. The van der Waals surface area contributed by atoms with Crippen LogP contribution in [0, 0.1) is 17.8 Å². The summed E-state index contributed by atoms with van der Waals surface area (Å²) in [4.78, 5) is 2.62. The quantitative estimate of drug-likeness (QED) is 0.775. The van der Waals surface area contributed by atoms with Gasteiger partial charge in [-0.3, -0.25) is 4.90 Å². The lowest BCUT2D eigenvalue weighted by Gasteiger charge is -2.42. The van der Waals surface area contributed by atoms with Crippen LogP contribution in [0.15, 0.2) is 0 Å². The van der Waals surface area contributed by atoms with Crippen molar-refractivity contribution in [2.75, 3.05) is 19.6 Å². The third kappa shape index (κ3) is 3.76. The predicted octanol–water partition coefficient (Wildman–Crippen LogP) is 2.34. The number of hydrogen-bond donors (Lipinski definition) is 1. The van der Waals surface area contributed by atoms with Gasteiger partial charge in [-0.15, -0.1) is 0 Å². The normalized spacial score (nSPS) is 33.6. The van der Waals surface area contributed by atoms with Gasteiger partial charge in [0.05, 0.1) is 0 Å². The number of hydrogen-bond acceptors (Lipinski definition) is 2. The van der Waals surface area contributed by atoms with E-state index >= 15 is 0 Å². The van der Waals surface area contributed by atoms with Crippen LogP contribution in [0.2, 0.25) is 0 Å². The van der Waals surface area contributed by atoms with Gasteiger partial charge >= 0.3 is 0 Å².